The average Bonchev–Trinajstić information content (AvgIpc) is 3.50. The van der Waals surface area contributed by atoms with E-state index in [0.29, 0.717) is 11.1 Å². The van der Waals surface area contributed by atoms with E-state index in [9.17, 15) is 39.5 Å². The van der Waals surface area contributed by atoms with Crippen molar-refractivity contribution in [2.75, 3.05) is 0 Å². The minimum Gasteiger partial charge on any atom is -0.308 e. The van der Waals surface area contributed by atoms with Crippen LogP contribution in [0.1, 0.15) is 16.7 Å². The third-order valence-electron chi connectivity index (χ3n) is 9.12. The first-order chi connectivity index (χ1) is 26.1. The van der Waals surface area contributed by atoms with Gasteiger partial charge in [-0.2, -0.15) is 39.5 Å². The SMILES string of the molecule is FC(F)(F)c1cccc(-c2ccc(-c3nc(-c4ccccc4)nc(-c4ccccc4)n3)c(-n3c4ccc(C(F)(F)F)cc4c4cc(C(F)(F)F)ccc43)c2)c1. The second-order valence-corrected chi connectivity index (χ2v) is 12.6. The Bertz CT molecular complexity index is 2590. The zero-order valence-electron chi connectivity index (χ0n) is 28.0. The second-order valence-electron chi connectivity index (χ2n) is 12.6. The second kappa shape index (κ2) is 13.1. The molecule has 0 aliphatic heterocycles. The van der Waals surface area contributed by atoms with Gasteiger partial charge in [0.15, 0.2) is 17.5 Å². The molecule has 0 N–H and O–H groups in total. The maximum absolute atomic E-state index is 14.0. The van der Waals surface area contributed by atoms with Gasteiger partial charge in [-0.25, -0.2) is 15.0 Å². The molecule has 55 heavy (non-hydrogen) atoms. The van der Waals surface area contributed by atoms with E-state index in [4.69, 9.17) is 15.0 Å². The summed E-state index contributed by atoms with van der Waals surface area (Å²) >= 11 is 0. The topological polar surface area (TPSA) is 43.6 Å². The highest BCUT2D eigenvalue weighted by atomic mass is 19.4. The van der Waals surface area contributed by atoms with Crippen LogP contribution in [0.3, 0.4) is 0 Å². The fraction of sp³-hybridized carbons (Fsp3) is 0.0714. The molecule has 2 heterocycles. The fourth-order valence-electron chi connectivity index (χ4n) is 6.52. The van der Waals surface area contributed by atoms with Gasteiger partial charge < -0.3 is 4.57 Å². The zero-order valence-corrected chi connectivity index (χ0v) is 28.0. The van der Waals surface area contributed by atoms with Gasteiger partial charge in [-0.1, -0.05) is 78.9 Å². The summed E-state index contributed by atoms with van der Waals surface area (Å²) in [6.07, 6.45) is -14.3. The zero-order chi connectivity index (χ0) is 38.7. The van der Waals surface area contributed by atoms with Crippen molar-refractivity contribution in [3.8, 4) is 51.0 Å². The van der Waals surface area contributed by atoms with Crippen LogP contribution in [0.4, 0.5) is 39.5 Å². The quantitative estimate of drug-likeness (QED) is 0.164. The van der Waals surface area contributed by atoms with Gasteiger partial charge in [0.1, 0.15) is 0 Å². The van der Waals surface area contributed by atoms with E-state index in [-0.39, 0.29) is 61.7 Å². The van der Waals surface area contributed by atoms with E-state index in [1.54, 1.807) is 60.7 Å². The molecule has 8 rings (SSSR count). The fourth-order valence-corrected chi connectivity index (χ4v) is 6.52. The van der Waals surface area contributed by atoms with Crippen LogP contribution in [0, 0.1) is 0 Å². The van der Waals surface area contributed by atoms with E-state index < -0.39 is 35.2 Å². The molecule has 274 valence electrons. The van der Waals surface area contributed by atoms with Gasteiger partial charge >= 0.3 is 18.5 Å². The molecule has 0 bridgehead atoms. The van der Waals surface area contributed by atoms with E-state index >= 15 is 0 Å². The number of halogens is 9. The van der Waals surface area contributed by atoms with Gasteiger partial charge in [0, 0.05) is 27.5 Å². The Kier molecular flexibility index (Phi) is 8.47. The number of nitrogens with zero attached hydrogens (tertiary/aromatic N) is 4. The molecule has 0 aliphatic rings. The molecular weight excluding hydrogens is 731 g/mol. The Hall–Kier alpha value is -6.50. The van der Waals surface area contributed by atoms with Crippen molar-refractivity contribution in [2.45, 2.75) is 18.5 Å². The maximum atomic E-state index is 14.0. The molecule has 6 aromatic carbocycles. The van der Waals surface area contributed by atoms with Gasteiger partial charge in [0.2, 0.25) is 0 Å². The van der Waals surface area contributed by atoms with Crippen molar-refractivity contribution in [3.05, 3.63) is 156 Å². The number of hydrogen-bond donors (Lipinski definition) is 0. The van der Waals surface area contributed by atoms with Crippen LogP contribution < -0.4 is 0 Å². The lowest BCUT2D eigenvalue weighted by molar-refractivity contribution is -0.138. The molecule has 4 nitrogen and oxygen atoms in total. The van der Waals surface area contributed by atoms with Crippen molar-refractivity contribution < 1.29 is 39.5 Å². The lowest BCUT2D eigenvalue weighted by Gasteiger charge is -2.17. The Morgan fingerprint density at radius 3 is 1.29 bits per heavy atom. The summed E-state index contributed by atoms with van der Waals surface area (Å²) < 4.78 is 127. The molecule has 0 saturated heterocycles. The number of alkyl halides is 9. The predicted molar refractivity (Wildman–Crippen MR) is 191 cm³/mol. The summed E-state index contributed by atoms with van der Waals surface area (Å²) in [5, 5.41) is -0.256. The molecule has 2 aromatic heterocycles. The third-order valence-corrected chi connectivity index (χ3v) is 9.12. The number of aromatic nitrogens is 4. The molecule has 0 fully saturated rings. The van der Waals surface area contributed by atoms with Crippen LogP contribution in [0.2, 0.25) is 0 Å². The summed E-state index contributed by atoms with van der Waals surface area (Å²) in [7, 11) is 0. The van der Waals surface area contributed by atoms with Gasteiger partial charge in [-0.05, 0) is 71.8 Å². The molecule has 0 spiro atoms. The first-order valence-corrected chi connectivity index (χ1v) is 16.6. The number of hydrogen-bond acceptors (Lipinski definition) is 3. The van der Waals surface area contributed by atoms with Gasteiger partial charge in [0.25, 0.3) is 0 Å². The largest absolute Gasteiger partial charge is 0.416 e. The van der Waals surface area contributed by atoms with Gasteiger partial charge in [-0.3, -0.25) is 0 Å². The Balaban J connectivity index is 1.47. The summed E-state index contributed by atoms with van der Waals surface area (Å²) in [5.74, 6) is 0.626. The van der Waals surface area contributed by atoms with Crippen molar-refractivity contribution >= 4 is 21.8 Å². The molecule has 0 saturated carbocycles. The molecule has 8 aromatic rings. The molecule has 0 unspecified atom stereocenters. The molecule has 13 heteroatoms. The maximum Gasteiger partial charge on any atom is 0.416 e. The van der Waals surface area contributed by atoms with Crippen LogP contribution in [-0.2, 0) is 18.5 Å². The molecule has 0 atom stereocenters. The number of rotatable bonds is 5. The first-order valence-electron chi connectivity index (χ1n) is 16.6. The van der Waals surface area contributed by atoms with Gasteiger partial charge in [0.05, 0.1) is 33.4 Å². The summed E-state index contributed by atoms with van der Waals surface area (Å²) in [5.41, 5.74) is -0.723. The van der Waals surface area contributed by atoms with E-state index in [1.807, 2.05) is 12.1 Å². The van der Waals surface area contributed by atoms with Crippen LogP contribution in [0.25, 0.3) is 72.8 Å². The van der Waals surface area contributed by atoms with Crippen LogP contribution in [0.15, 0.2) is 140 Å². The van der Waals surface area contributed by atoms with Crippen molar-refractivity contribution in [3.63, 3.8) is 0 Å². The summed E-state index contributed by atoms with van der Waals surface area (Å²) in [6.45, 7) is 0. The number of benzene rings is 6. The normalized spacial score (nSPS) is 12.5. The van der Waals surface area contributed by atoms with Crippen molar-refractivity contribution in [2.24, 2.45) is 0 Å². The van der Waals surface area contributed by atoms with Crippen LogP contribution in [-0.4, -0.2) is 19.5 Å². The standard InChI is InChI=1S/C42H23F9N4/c43-40(44,45)28-13-7-12-26(20-28)27-14-17-31(39-53-37(24-8-3-1-4-9-24)52-38(54-39)25-10-5-2-6-11-25)36(21-27)55-34-18-15-29(41(46,47)48)22-32(34)33-23-30(42(49,50)51)16-19-35(33)55/h1-23H. The smallest absolute Gasteiger partial charge is 0.308 e. The first kappa shape index (κ1) is 35.5. The van der Waals surface area contributed by atoms with E-state index in [2.05, 4.69) is 0 Å². The minimum atomic E-state index is -4.81. The van der Waals surface area contributed by atoms with Crippen molar-refractivity contribution in [1.82, 2.24) is 19.5 Å². The monoisotopic (exact) mass is 754 g/mol. The predicted octanol–water partition coefficient (Wildman–Crippen LogP) is 12.7. The summed E-state index contributed by atoms with van der Waals surface area (Å²) in [4.78, 5) is 14.3. The molecule has 0 amide bonds. The highest BCUT2D eigenvalue weighted by Crippen LogP contribution is 2.43. The van der Waals surface area contributed by atoms with Gasteiger partial charge in [-0.15, -0.1) is 0 Å². The van der Waals surface area contributed by atoms with Crippen LogP contribution >= 0.6 is 0 Å². The molecule has 0 radical (unpaired) electrons. The highest BCUT2D eigenvalue weighted by Gasteiger charge is 2.34. The average molecular weight is 755 g/mol. The molecule has 0 aliphatic carbocycles. The Morgan fingerprint density at radius 1 is 0.364 bits per heavy atom. The highest BCUT2D eigenvalue weighted by molar-refractivity contribution is 6.10. The van der Waals surface area contributed by atoms with Crippen molar-refractivity contribution in [1.29, 1.82) is 0 Å². The Morgan fingerprint density at radius 2 is 0.800 bits per heavy atom. The Labute approximate surface area is 306 Å². The van der Waals surface area contributed by atoms with Crippen LogP contribution in [0.5, 0.6) is 0 Å². The lowest BCUT2D eigenvalue weighted by atomic mass is 9.99. The lowest BCUT2D eigenvalue weighted by Crippen LogP contribution is -2.06. The minimum absolute atomic E-state index is 0.0899. The molecular formula is C42H23F9N4. The third kappa shape index (κ3) is 6.77. The summed E-state index contributed by atoms with van der Waals surface area (Å²) in [6, 6.07) is 32.7. The van der Waals surface area contributed by atoms with E-state index in [0.717, 1.165) is 48.5 Å². The van der Waals surface area contributed by atoms with E-state index in [1.165, 1.54) is 22.8 Å². The number of fused-ring (bicyclic) bond motifs is 3.